The lowest BCUT2D eigenvalue weighted by atomic mass is 10.4. The molecule has 0 fully saturated rings. The van der Waals surface area contributed by atoms with Gasteiger partial charge in [0.25, 0.3) is 0 Å². The maximum absolute atomic E-state index is 5.30. The number of anilines is 1. The minimum Gasteiger partial charge on any atom is -0.407 e. The molecule has 0 aromatic carbocycles. The van der Waals surface area contributed by atoms with Crippen LogP contribution in [0.2, 0.25) is 0 Å². The van der Waals surface area contributed by atoms with Gasteiger partial charge in [-0.05, 0) is 6.92 Å². The third-order valence-corrected chi connectivity index (χ3v) is 1.43. The Kier molecular flexibility index (Phi) is 3.66. The Balaban J connectivity index is 2.44. The predicted octanol–water partition coefficient (Wildman–Crippen LogP) is -0.0249. The van der Waals surface area contributed by atoms with Gasteiger partial charge in [0, 0.05) is 7.11 Å². The van der Waals surface area contributed by atoms with Crippen molar-refractivity contribution in [3.8, 4) is 0 Å². The van der Waals surface area contributed by atoms with Crippen molar-refractivity contribution in [1.82, 2.24) is 10.2 Å². The highest BCUT2D eigenvalue weighted by Gasteiger charge is 2.07. The van der Waals surface area contributed by atoms with Crippen LogP contribution in [-0.4, -0.2) is 30.0 Å². The average Bonchev–Trinajstić information content (AvgIpc) is 2.52. The smallest absolute Gasteiger partial charge is 0.315 e. The first-order valence-corrected chi connectivity index (χ1v) is 4.04. The van der Waals surface area contributed by atoms with Crippen LogP contribution in [-0.2, 0) is 11.3 Å². The summed E-state index contributed by atoms with van der Waals surface area (Å²) in [6.07, 6.45) is 0. The number of nitrogens with one attached hydrogen (secondary N) is 1. The first-order chi connectivity index (χ1) is 6.26. The molecule has 0 radical (unpaired) electrons. The van der Waals surface area contributed by atoms with Gasteiger partial charge in [-0.3, -0.25) is 0 Å². The van der Waals surface area contributed by atoms with Crippen LogP contribution in [0.1, 0.15) is 12.8 Å². The fourth-order valence-electron chi connectivity index (χ4n) is 0.897. The van der Waals surface area contributed by atoms with Gasteiger partial charge in [0.15, 0.2) is 0 Å². The van der Waals surface area contributed by atoms with Crippen LogP contribution in [0.3, 0.4) is 0 Å². The van der Waals surface area contributed by atoms with Gasteiger partial charge in [0.2, 0.25) is 5.89 Å². The number of nitrogens with two attached hydrogens (primary N) is 1. The van der Waals surface area contributed by atoms with E-state index in [4.69, 9.17) is 14.9 Å². The summed E-state index contributed by atoms with van der Waals surface area (Å²) in [5, 5.41) is 10.4. The summed E-state index contributed by atoms with van der Waals surface area (Å²) in [4.78, 5) is 0. The molecule has 0 bridgehead atoms. The highest BCUT2D eigenvalue weighted by atomic mass is 16.5. The van der Waals surface area contributed by atoms with Crippen LogP contribution in [0, 0.1) is 0 Å². The van der Waals surface area contributed by atoms with Gasteiger partial charge in [-0.1, -0.05) is 5.10 Å². The topological polar surface area (TPSA) is 86.2 Å². The third kappa shape index (κ3) is 3.00. The lowest BCUT2D eigenvalue weighted by Crippen LogP contribution is -2.20. The molecule has 0 saturated heterocycles. The summed E-state index contributed by atoms with van der Waals surface area (Å²) < 4.78 is 10.1. The highest BCUT2D eigenvalue weighted by Crippen LogP contribution is 2.05. The van der Waals surface area contributed by atoms with E-state index in [-0.39, 0.29) is 12.6 Å². The van der Waals surface area contributed by atoms with E-state index >= 15 is 0 Å². The highest BCUT2D eigenvalue weighted by molar-refractivity contribution is 5.18. The molecule has 1 aromatic rings. The van der Waals surface area contributed by atoms with Crippen molar-refractivity contribution >= 4 is 6.01 Å². The second-order valence-electron chi connectivity index (χ2n) is 2.71. The molecule has 6 heteroatoms. The van der Waals surface area contributed by atoms with Gasteiger partial charge in [0.05, 0.1) is 19.2 Å². The lowest BCUT2D eigenvalue weighted by molar-refractivity contribution is 0.189. The van der Waals surface area contributed by atoms with E-state index in [1.165, 1.54) is 0 Å². The number of hydrogen-bond donors (Lipinski definition) is 2. The minimum absolute atomic E-state index is 0.135. The molecule has 0 amide bonds. The van der Waals surface area contributed by atoms with Gasteiger partial charge >= 0.3 is 6.01 Å². The fourth-order valence-corrected chi connectivity index (χ4v) is 0.897. The molecule has 1 heterocycles. The SMILES string of the molecule is COCC(C)Nc1nnc(CN)o1. The van der Waals surface area contributed by atoms with Crippen molar-refractivity contribution in [2.45, 2.75) is 19.5 Å². The van der Waals surface area contributed by atoms with Gasteiger partial charge in [-0.2, -0.15) is 0 Å². The number of methoxy groups -OCH3 is 1. The Morgan fingerprint density at radius 1 is 1.62 bits per heavy atom. The van der Waals surface area contributed by atoms with Gasteiger partial charge in [0.1, 0.15) is 0 Å². The fraction of sp³-hybridized carbons (Fsp3) is 0.714. The number of hydrogen-bond acceptors (Lipinski definition) is 6. The Morgan fingerprint density at radius 3 is 2.92 bits per heavy atom. The Labute approximate surface area is 76.5 Å². The van der Waals surface area contributed by atoms with E-state index in [2.05, 4.69) is 15.5 Å². The first kappa shape index (κ1) is 9.94. The van der Waals surface area contributed by atoms with Crippen molar-refractivity contribution in [2.75, 3.05) is 19.0 Å². The molecular weight excluding hydrogens is 172 g/mol. The van der Waals surface area contributed by atoms with Crippen LogP contribution in [0.4, 0.5) is 6.01 Å². The zero-order chi connectivity index (χ0) is 9.68. The number of aromatic nitrogens is 2. The summed E-state index contributed by atoms with van der Waals surface area (Å²) in [6.45, 7) is 2.80. The summed E-state index contributed by atoms with van der Waals surface area (Å²) >= 11 is 0. The third-order valence-electron chi connectivity index (χ3n) is 1.43. The normalized spacial score (nSPS) is 12.8. The molecule has 0 aliphatic carbocycles. The monoisotopic (exact) mass is 186 g/mol. The molecule has 6 nitrogen and oxygen atoms in total. The molecule has 13 heavy (non-hydrogen) atoms. The lowest BCUT2D eigenvalue weighted by Gasteiger charge is -2.09. The summed E-state index contributed by atoms with van der Waals surface area (Å²) in [6, 6.07) is 0.515. The van der Waals surface area contributed by atoms with Gasteiger partial charge in [-0.15, -0.1) is 5.10 Å². The average molecular weight is 186 g/mol. The molecule has 0 saturated carbocycles. The van der Waals surface area contributed by atoms with Gasteiger partial charge < -0.3 is 20.2 Å². The second-order valence-corrected chi connectivity index (χ2v) is 2.71. The van der Waals surface area contributed by atoms with Crippen LogP contribution in [0.25, 0.3) is 0 Å². The van der Waals surface area contributed by atoms with Crippen LogP contribution >= 0.6 is 0 Å². The summed E-state index contributed by atoms with van der Waals surface area (Å²) in [5.41, 5.74) is 5.30. The predicted molar refractivity (Wildman–Crippen MR) is 47.2 cm³/mol. The first-order valence-electron chi connectivity index (χ1n) is 4.04. The van der Waals surface area contributed by atoms with Crippen molar-refractivity contribution in [1.29, 1.82) is 0 Å². The van der Waals surface area contributed by atoms with Crippen LogP contribution in [0.5, 0.6) is 0 Å². The van der Waals surface area contributed by atoms with Gasteiger partial charge in [-0.25, -0.2) is 0 Å². The number of rotatable bonds is 5. The van der Waals surface area contributed by atoms with Crippen LogP contribution < -0.4 is 11.1 Å². The van der Waals surface area contributed by atoms with E-state index in [1.54, 1.807) is 7.11 Å². The maximum Gasteiger partial charge on any atom is 0.315 e. The molecule has 0 spiro atoms. The zero-order valence-electron chi connectivity index (χ0n) is 7.78. The number of nitrogens with zero attached hydrogens (tertiary/aromatic N) is 2. The molecule has 1 rings (SSSR count). The van der Waals surface area contributed by atoms with Crippen molar-refractivity contribution < 1.29 is 9.15 Å². The number of ether oxygens (including phenoxy) is 1. The molecular formula is C7H14N4O2. The molecule has 0 aliphatic rings. The second kappa shape index (κ2) is 4.78. The Hall–Kier alpha value is -1.14. The largest absolute Gasteiger partial charge is 0.407 e. The van der Waals surface area contributed by atoms with E-state index in [9.17, 15) is 0 Å². The quantitative estimate of drug-likeness (QED) is 0.671. The summed E-state index contributed by atoms with van der Waals surface area (Å²) in [7, 11) is 1.64. The van der Waals surface area contributed by atoms with E-state index in [0.717, 1.165) is 0 Å². The molecule has 1 atom stereocenters. The summed E-state index contributed by atoms with van der Waals surface area (Å²) in [5.74, 6) is 0.423. The molecule has 1 aromatic heterocycles. The van der Waals surface area contributed by atoms with Crippen molar-refractivity contribution in [3.05, 3.63) is 5.89 Å². The van der Waals surface area contributed by atoms with Crippen molar-refractivity contribution in [3.63, 3.8) is 0 Å². The molecule has 1 unspecified atom stereocenters. The Bertz CT molecular complexity index is 250. The van der Waals surface area contributed by atoms with E-state index < -0.39 is 0 Å². The van der Waals surface area contributed by atoms with Crippen molar-refractivity contribution in [2.24, 2.45) is 5.73 Å². The standard InChI is InChI=1S/C7H14N4O2/c1-5(4-12-2)9-7-11-10-6(3-8)13-7/h5H,3-4,8H2,1-2H3,(H,9,11). The van der Waals surface area contributed by atoms with Crippen LogP contribution in [0.15, 0.2) is 4.42 Å². The maximum atomic E-state index is 5.30. The minimum atomic E-state index is 0.135. The zero-order valence-corrected chi connectivity index (χ0v) is 7.78. The molecule has 74 valence electrons. The van der Waals surface area contributed by atoms with E-state index in [0.29, 0.717) is 18.5 Å². The molecule has 3 N–H and O–H groups in total. The van der Waals surface area contributed by atoms with E-state index in [1.807, 2.05) is 6.92 Å². The molecule has 0 aliphatic heterocycles. The Morgan fingerprint density at radius 2 is 2.38 bits per heavy atom.